The number of rotatable bonds is 4. The minimum atomic E-state index is -0.460. The van der Waals surface area contributed by atoms with Crippen LogP contribution in [0.25, 0.3) is 21.7 Å². The molecule has 0 saturated heterocycles. The lowest BCUT2D eigenvalue weighted by Crippen LogP contribution is -2.10. The van der Waals surface area contributed by atoms with E-state index in [1.165, 1.54) is 0 Å². The van der Waals surface area contributed by atoms with Crippen LogP contribution in [0.15, 0.2) is 59.5 Å². The van der Waals surface area contributed by atoms with Crippen molar-refractivity contribution in [1.82, 2.24) is 15.0 Å². The summed E-state index contributed by atoms with van der Waals surface area (Å²) in [6, 6.07) is 14.8. The molecule has 3 aromatic heterocycles. The Hall–Kier alpha value is -3.32. The number of fused-ring (bicyclic) bond motifs is 1. The van der Waals surface area contributed by atoms with Gasteiger partial charge in [-0.2, -0.15) is 0 Å². The second-order valence-electron chi connectivity index (χ2n) is 5.93. The second-order valence-corrected chi connectivity index (χ2v) is 6.93. The molecule has 6 nitrogen and oxygen atoms in total. The Morgan fingerprint density at radius 2 is 1.93 bits per heavy atom. The first kappa shape index (κ1) is 17.1. The first-order valence-corrected chi connectivity index (χ1v) is 9.11. The van der Waals surface area contributed by atoms with Crippen LogP contribution in [0.3, 0.4) is 0 Å². The quantitative estimate of drug-likeness (QED) is 0.548. The molecule has 0 aliphatic carbocycles. The molecule has 4 rings (SSSR count). The average Bonchev–Trinajstić information content (AvgIpc) is 3.04. The summed E-state index contributed by atoms with van der Waals surface area (Å²) in [4.78, 5) is 37.4. The molecule has 0 bridgehead atoms. The van der Waals surface area contributed by atoms with Gasteiger partial charge in [-0.1, -0.05) is 36.4 Å². The number of benzene rings is 1. The average molecular weight is 377 g/mol. The Morgan fingerprint density at radius 3 is 2.67 bits per heavy atom. The van der Waals surface area contributed by atoms with Crippen LogP contribution in [0.1, 0.15) is 20.8 Å². The number of aromatic amines is 1. The minimum Gasteiger partial charge on any atom is -0.457 e. The van der Waals surface area contributed by atoms with Crippen LogP contribution in [0.2, 0.25) is 0 Å². The van der Waals surface area contributed by atoms with Crippen LogP contribution in [-0.2, 0) is 11.3 Å². The fourth-order valence-electron chi connectivity index (χ4n) is 2.75. The number of nitrogens with zero attached hydrogens (tertiary/aromatic N) is 2. The number of hydrogen-bond acceptors (Lipinski definition) is 6. The molecule has 0 aliphatic rings. The highest BCUT2D eigenvalue weighted by atomic mass is 32.1. The predicted octanol–water partition coefficient (Wildman–Crippen LogP) is 3.71. The van der Waals surface area contributed by atoms with Crippen molar-refractivity contribution < 1.29 is 9.53 Å². The lowest BCUT2D eigenvalue weighted by Gasteiger charge is -2.03. The van der Waals surface area contributed by atoms with Crippen molar-refractivity contribution >= 4 is 27.5 Å². The lowest BCUT2D eigenvalue weighted by molar-refractivity contribution is 0.0478. The van der Waals surface area contributed by atoms with Crippen LogP contribution in [-0.4, -0.2) is 20.9 Å². The molecule has 0 aliphatic heterocycles. The Balaban J connectivity index is 1.68. The third-order valence-corrected chi connectivity index (χ3v) is 5.27. The zero-order valence-electron chi connectivity index (χ0n) is 14.4. The van der Waals surface area contributed by atoms with E-state index in [-0.39, 0.29) is 12.2 Å². The number of aromatic nitrogens is 3. The molecule has 134 valence electrons. The van der Waals surface area contributed by atoms with Gasteiger partial charge in [0, 0.05) is 6.20 Å². The fourth-order valence-corrected chi connectivity index (χ4v) is 3.83. The van der Waals surface area contributed by atoms with E-state index in [0.29, 0.717) is 32.2 Å². The smallest absolute Gasteiger partial charge is 0.349 e. The monoisotopic (exact) mass is 377 g/mol. The molecule has 1 aromatic carbocycles. The van der Waals surface area contributed by atoms with Gasteiger partial charge in [0.05, 0.1) is 5.39 Å². The number of pyridine rings is 1. The van der Waals surface area contributed by atoms with E-state index in [1.54, 1.807) is 25.3 Å². The summed E-state index contributed by atoms with van der Waals surface area (Å²) in [5, 5.41) is 0.409. The largest absolute Gasteiger partial charge is 0.457 e. The van der Waals surface area contributed by atoms with E-state index in [0.717, 1.165) is 16.9 Å². The van der Waals surface area contributed by atoms with Crippen LogP contribution < -0.4 is 5.56 Å². The number of nitrogens with one attached hydrogen (secondary N) is 1. The van der Waals surface area contributed by atoms with Crippen molar-refractivity contribution in [2.75, 3.05) is 0 Å². The predicted molar refractivity (Wildman–Crippen MR) is 104 cm³/mol. The second kappa shape index (κ2) is 7.13. The number of H-pyrrole nitrogens is 1. The number of hydrogen-bond donors (Lipinski definition) is 1. The molecule has 4 aromatic rings. The van der Waals surface area contributed by atoms with Crippen LogP contribution in [0.4, 0.5) is 0 Å². The van der Waals surface area contributed by atoms with Crippen LogP contribution in [0, 0.1) is 6.92 Å². The molecule has 0 amide bonds. The molecule has 1 N–H and O–H groups in total. The van der Waals surface area contributed by atoms with Gasteiger partial charge in [0.2, 0.25) is 0 Å². The van der Waals surface area contributed by atoms with Gasteiger partial charge < -0.3 is 9.72 Å². The molecule has 7 heteroatoms. The molecule has 0 unspecified atom stereocenters. The van der Waals surface area contributed by atoms with Crippen molar-refractivity contribution in [2.24, 2.45) is 0 Å². The molecular formula is C20H15N3O3S. The summed E-state index contributed by atoms with van der Waals surface area (Å²) in [7, 11) is 0. The maximum Gasteiger partial charge on any atom is 0.349 e. The summed E-state index contributed by atoms with van der Waals surface area (Å²) in [6.45, 7) is 1.91. The van der Waals surface area contributed by atoms with Crippen LogP contribution in [0.5, 0.6) is 0 Å². The first-order valence-electron chi connectivity index (χ1n) is 8.29. The Morgan fingerprint density at radius 1 is 1.15 bits per heavy atom. The van der Waals surface area contributed by atoms with Gasteiger partial charge in [-0.15, -0.1) is 11.3 Å². The number of carbonyl (C=O) groups excluding carboxylic acids is 1. The van der Waals surface area contributed by atoms with Crippen molar-refractivity contribution in [3.63, 3.8) is 0 Å². The summed E-state index contributed by atoms with van der Waals surface area (Å²) in [5.74, 6) is -0.0864. The van der Waals surface area contributed by atoms with E-state index < -0.39 is 5.97 Å². The van der Waals surface area contributed by atoms with Gasteiger partial charge >= 0.3 is 5.97 Å². The highest BCUT2D eigenvalue weighted by molar-refractivity contribution is 7.20. The number of carbonyl (C=O) groups is 1. The zero-order valence-corrected chi connectivity index (χ0v) is 15.2. The van der Waals surface area contributed by atoms with Crippen molar-refractivity contribution in [3.8, 4) is 11.5 Å². The minimum absolute atomic E-state index is 0.177. The topological polar surface area (TPSA) is 84.9 Å². The van der Waals surface area contributed by atoms with Gasteiger partial charge in [0.1, 0.15) is 22.0 Å². The highest BCUT2D eigenvalue weighted by Crippen LogP contribution is 2.29. The number of thiophene rings is 1. The lowest BCUT2D eigenvalue weighted by atomic mass is 10.2. The third-order valence-electron chi connectivity index (χ3n) is 4.11. The Bertz CT molecular complexity index is 1170. The summed E-state index contributed by atoms with van der Waals surface area (Å²) < 4.78 is 5.40. The summed E-state index contributed by atoms with van der Waals surface area (Å²) in [6.07, 6.45) is 1.63. The number of ether oxygens (including phenoxy) is 1. The molecule has 0 spiro atoms. The maximum absolute atomic E-state index is 12.5. The fraction of sp³-hybridized carbons (Fsp3) is 0.100. The Kier molecular flexibility index (Phi) is 4.52. The normalized spacial score (nSPS) is 10.9. The molecule has 0 atom stereocenters. The first-order chi connectivity index (χ1) is 13.1. The number of esters is 1. The van der Waals surface area contributed by atoms with Gasteiger partial charge in [0.25, 0.3) is 5.56 Å². The van der Waals surface area contributed by atoms with Gasteiger partial charge in [-0.3, -0.25) is 9.78 Å². The third kappa shape index (κ3) is 3.37. The SMILES string of the molecule is Cc1c(C(=O)OCc2ccccc2)sc2nc(-c3ccccn3)[nH]c(=O)c12. The van der Waals surface area contributed by atoms with Gasteiger partial charge in [-0.25, -0.2) is 9.78 Å². The molecule has 0 fully saturated rings. The molecule has 3 heterocycles. The highest BCUT2D eigenvalue weighted by Gasteiger charge is 2.21. The van der Waals surface area contributed by atoms with E-state index in [2.05, 4.69) is 15.0 Å². The molecule has 27 heavy (non-hydrogen) atoms. The van der Waals surface area contributed by atoms with Crippen molar-refractivity contribution in [1.29, 1.82) is 0 Å². The standard InChI is InChI=1S/C20H15N3O3S/c1-12-15-18(24)22-17(14-9-5-6-10-21-14)23-19(15)27-16(12)20(25)26-11-13-7-3-2-4-8-13/h2-10H,11H2,1H3,(H,22,23,24). The van der Waals surface area contributed by atoms with E-state index in [9.17, 15) is 9.59 Å². The van der Waals surface area contributed by atoms with Crippen LogP contribution >= 0.6 is 11.3 Å². The van der Waals surface area contributed by atoms with Gasteiger partial charge in [-0.05, 0) is 30.2 Å². The maximum atomic E-state index is 12.5. The van der Waals surface area contributed by atoms with Crippen molar-refractivity contribution in [3.05, 3.63) is 81.1 Å². The van der Waals surface area contributed by atoms with Crippen molar-refractivity contribution in [2.45, 2.75) is 13.5 Å². The molecular weight excluding hydrogens is 362 g/mol. The molecule has 0 radical (unpaired) electrons. The summed E-state index contributed by atoms with van der Waals surface area (Å²) in [5.41, 5.74) is 1.75. The van der Waals surface area contributed by atoms with E-state index in [1.807, 2.05) is 36.4 Å². The molecule has 0 saturated carbocycles. The summed E-state index contributed by atoms with van der Waals surface area (Å²) >= 11 is 1.16. The van der Waals surface area contributed by atoms with E-state index >= 15 is 0 Å². The van der Waals surface area contributed by atoms with Gasteiger partial charge in [0.15, 0.2) is 5.82 Å². The number of aryl methyl sites for hydroxylation is 1. The van der Waals surface area contributed by atoms with E-state index in [4.69, 9.17) is 4.74 Å². The zero-order chi connectivity index (χ0) is 18.8. The Labute approximate surface area is 158 Å².